The number of aromatic nitrogens is 3. The number of carbonyl (C=O) groups excluding carboxylic acids is 1. The second kappa shape index (κ2) is 8.31. The highest BCUT2D eigenvalue weighted by atomic mass is 19.4. The zero-order valence-electron chi connectivity index (χ0n) is 18.2. The molecular weight excluding hydrogens is 409 g/mol. The van der Waals surface area contributed by atoms with Gasteiger partial charge in [-0.25, -0.2) is 14.3 Å². The number of likely N-dealkylation sites (tertiary alicyclic amines) is 1. The first-order valence-electron chi connectivity index (χ1n) is 11.0. The summed E-state index contributed by atoms with van der Waals surface area (Å²) in [5.74, 6) is -1.11. The van der Waals surface area contributed by atoms with Crippen molar-refractivity contribution in [2.24, 2.45) is 5.92 Å². The minimum atomic E-state index is -4.11. The number of carbonyl (C=O) groups is 1. The Morgan fingerprint density at radius 2 is 1.87 bits per heavy atom. The highest BCUT2D eigenvalue weighted by molar-refractivity contribution is 5.68. The number of methoxy groups -OCH3 is 1. The molecule has 1 aliphatic heterocycles. The van der Waals surface area contributed by atoms with E-state index in [0.717, 1.165) is 29.9 Å². The van der Waals surface area contributed by atoms with Crippen molar-refractivity contribution < 1.29 is 22.7 Å². The lowest BCUT2D eigenvalue weighted by Crippen LogP contribution is -2.46. The van der Waals surface area contributed by atoms with E-state index in [1.807, 2.05) is 30.5 Å². The Morgan fingerprint density at radius 3 is 2.52 bits per heavy atom. The van der Waals surface area contributed by atoms with Crippen LogP contribution in [-0.2, 0) is 4.74 Å². The molecule has 0 bridgehead atoms. The molecule has 2 unspecified atom stereocenters. The number of hydrogen-bond acceptors (Lipinski definition) is 4. The van der Waals surface area contributed by atoms with Gasteiger partial charge in [0.25, 0.3) is 0 Å². The minimum absolute atomic E-state index is 0.0174. The number of aryl methyl sites for hydroxylation is 1. The molecule has 2 atom stereocenters. The molecule has 3 heterocycles. The van der Waals surface area contributed by atoms with Crippen molar-refractivity contribution in [3.05, 3.63) is 29.2 Å². The fraction of sp³-hybridized carbons (Fsp3) is 0.682. The van der Waals surface area contributed by atoms with Gasteiger partial charge in [0.05, 0.1) is 24.4 Å². The van der Waals surface area contributed by atoms with Crippen molar-refractivity contribution in [3.8, 4) is 0 Å². The van der Waals surface area contributed by atoms with E-state index in [1.54, 1.807) is 4.90 Å². The third-order valence-electron chi connectivity index (χ3n) is 6.99. The van der Waals surface area contributed by atoms with E-state index in [1.165, 1.54) is 7.11 Å². The Morgan fingerprint density at radius 1 is 1.16 bits per heavy atom. The summed E-state index contributed by atoms with van der Waals surface area (Å²) in [4.78, 5) is 18.5. The van der Waals surface area contributed by atoms with Gasteiger partial charge >= 0.3 is 12.3 Å². The molecule has 2 fully saturated rings. The Bertz CT molecular complexity index is 950. The number of halogens is 3. The summed E-state index contributed by atoms with van der Waals surface area (Å²) in [7, 11) is 1.39. The van der Waals surface area contributed by atoms with Crippen molar-refractivity contribution >= 4 is 11.7 Å². The maximum absolute atomic E-state index is 13.0. The molecule has 1 aliphatic carbocycles. The highest BCUT2D eigenvalue weighted by Crippen LogP contribution is 2.43. The van der Waals surface area contributed by atoms with Gasteiger partial charge in [-0.05, 0) is 58.4 Å². The summed E-state index contributed by atoms with van der Waals surface area (Å²) in [6.07, 6.45) is -1.40. The van der Waals surface area contributed by atoms with Crippen LogP contribution in [0.4, 0.5) is 18.0 Å². The normalized spacial score (nSPS) is 27.5. The van der Waals surface area contributed by atoms with E-state index in [4.69, 9.17) is 9.84 Å². The van der Waals surface area contributed by atoms with Crippen LogP contribution in [0.5, 0.6) is 0 Å². The maximum Gasteiger partial charge on any atom is 0.409 e. The summed E-state index contributed by atoms with van der Waals surface area (Å²) >= 11 is 0. The second-order valence-electron chi connectivity index (χ2n) is 8.90. The second-order valence-corrected chi connectivity index (χ2v) is 8.90. The lowest BCUT2D eigenvalue weighted by molar-refractivity contribution is -0.182. The van der Waals surface area contributed by atoms with Gasteiger partial charge in [-0.3, -0.25) is 0 Å². The molecule has 0 spiro atoms. The van der Waals surface area contributed by atoms with Gasteiger partial charge in [0.1, 0.15) is 0 Å². The maximum atomic E-state index is 13.0. The molecule has 4 rings (SSSR count). The molecule has 31 heavy (non-hydrogen) atoms. The van der Waals surface area contributed by atoms with E-state index in [2.05, 4.69) is 4.98 Å². The lowest BCUT2D eigenvalue weighted by Gasteiger charge is -2.38. The third kappa shape index (κ3) is 4.23. The van der Waals surface area contributed by atoms with Crippen molar-refractivity contribution in [3.63, 3.8) is 0 Å². The van der Waals surface area contributed by atoms with Crippen LogP contribution in [0.25, 0.3) is 5.65 Å². The number of ether oxygens (including phenoxy) is 1. The van der Waals surface area contributed by atoms with Crippen LogP contribution in [0.1, 0.15) is 74.4 Å². The number of hydrogen-bond donors (Lipinski definition) is 0. The van der Waals surface area contributed by atoms with Gasteiger partial charge in [-0.2, -0.15) is 18.3 Å². The highest BCUT2D eigenvalue weighted by Gasteiger charge is 2.42. The van der Waals surface area contributed by atoms with Crippen molar-refractivity contribution in [1.82, 2.24) is 19.5 Å². The van der Waals surface area contributed by atoms with Gasteiger partial charge in [0.2, 0.25) is 0 Å². The predicted octanol–water partition coefficient (Wildman–Crippen LogP) is 5.21. The lowest BCUT2D eigenvalue weighted by atomic mass is 9.80. The van der Waals surface area contributed by atoms with Crippen LogP contribution < -0.4 is 0 Å². The van der Waals surface area contributed by atoms with E-state index in [0.29, 0.717) is 25.0 Å². The SMILES string of the molecule is COC(=O)N1CCCC(c2cc(C)nc3cc(C4CCC(C(F)(F)F)CC4)nn23)C1C. The predicted molar refractivity (Wildman–Crippen MR) is 109 cm³/mol. The molecular formula is C22H29F3N4O2. The van der Waals surface area contributed by atoms with Crippen molar-refractivity contribution in [2.75, 3.05) is 13.7 Å². The molecule has 2 aliphatic rings. The van der Waals surface area contributed by atoms with Gasteiger partial charge in [0.15, 0.2) is 5.65 Å². The summed E-state index contributed by atoms with van der Waals surface area (Å²) < 4.78 is 45.9. The molecule has 1 amide bonds. The number of alkyl halides is 3. The zero-order chi connectivity index (χ0) is 22.3. The van der Waals surface area contributed by atoms with Crippen LogP contribution in [-0.4, -0.2) is 51.5 Å². The largest absolute Gasteiger partial charge is 0.453 e. The molecule has 0 radical (unpaired) electrons. The van der Waals surface area contributed by atoms with E-state index < -0.39 is 12.1 Å². The molecule has 6 nitrogen and oxygen atoms in total. The van der Waals surface area contributed by atoms with Gasteiger partial charge < -0.3 is 9.64 Å². The number of piperidine rings is 1. The van der Waals surface area contributed by atoms with E-state index in [9.17, 15) is 18.0 Å². The van der Waals surface area contributed by atoms with E-state index in [-0.39, 0.29) is 36.8 Å². The zero-order valence-corrected chi connectivity index (χ0v) is 18.2. The molecule has 9 heteroatoms. The van der Waals surface area contributed by atoms with Crippen molar-refractivity contribution in [1.29, 1.82) is 0 Å². The Balaban J connectivity index is 1.62. The first-order chi connectivity index (χ1) is 14.7. The van der Waals surface area contributed by atoms with E-state index >= 15 is 0 Å². The number of rotatable bonds is 2. The monoisotopic (exact) mass is 438 g/mol. The molecule has 170 valence electrons. The smallest absolute Gasteiger partial charge is 0.409 e. The van der Waals surface area contributed by atoms with Crippen LogP contribution in [0.2, 0.25) is 0 Å². The Hall–Kier alpha value is -2.32. The molecule has 2 aromatic heterocycles. The molecule has 1 saturated carbocycles. The topological polar surface area (TPSA) is 59.7 Å². The van der Waals surface area contributed by atoms with Crippen LogP contribution >= 0.6 is 0 Å². The van der Waals surface area contributed by atoms with Gasteiger partial charge in [-0.15, -0.1) is 0 Å². The molecule has 0 aromatic carbocycles. The minimum Gasteiger partial charge on any atom is -0.453 e. The van der Waals surface area contributed by atoms with Gasteiger partial charge in [-0.1, -0.05) is 0 Å². The average Bonchev–Trinajstić information content (AvgIpc) is 3.16. The Labute approximate surface area is 179 Å². The first kappa shape index (κ1) is 21.9. The van der Waals surface area contributed by atoms with Crippen LogP contribution in [0.3, 0.4) is 0 Å². The first-order valence-corrected chi connectivity index (χ1v) is 11.0. The standard InChI is InChI=1S/C22H29F3N4O2/c1-13-11-19(17-5-4-10-28(14(17)2)21(30)31-3)29-20(26-13)12-18(27-29)15-6-8-16(9-7-15)22(23,24)25/h11-12,14-17H,4-10H2,1-3H3. The van der Waals surface area contributed by atoms with Crippen LogP contribution in [0, 0.1) is 12.8 Å². The Kier molecular flexibility index (Phi) is 5.87. The number of fused-ring (bicyclic) bond motifs is 1. The van der Waals surface area contributed by atoms with Crippen LogP contribution in [0.15, 0.2) is 12.1 Å². The fourth-order valence-electron chi connectivity index (χ4n) is 5.24. The average molecular weight is 438 g/mol. The van der Waals surface area contributed by atoms with Gasteiger partial charge in [0, 0.05) is 36.2 Å². The summed E-state index contributed by atoms with van der Waals surface area (Å²) in [5.41, 5.74) is 3.37. The number of nitrogens with zero attached hydrogens (tertiary/aromatic N) is 4. The molecule has 0 N–H and O–H groups in total. The number of amides is 1. The molecule has 1 saturated heterocycles. The summed E-state index contributed by atoms with van der Waals surface area (Å²) in [5, 5.41) is 4.80. The molecule has 2 aromatic rings. The van der Waals surface area contributed by atoms with Crippen molar-refractivity contribution in [2.45, 2.75) is 76.4 Å². The quantitative estimate of drug-likeness (QED) is 0.646. The third-order valence-corrected chi connectivity index (χ3v) is 6.99. The summed E-state index contributed by atoms with van der Waals surface area (Å²) in [6, 6.07) is 3.87. The summed E-state index contributed by atoms with van der Waals surface area (Å²) in [6.45, 7) is 4.60. The fourth-order valence-corrected chi connectivity index (χ4v) is 5.24.